The fraction of sp³-hybridized carbons (Fsp3) is 0.0588. The summed E-state index contributed by atoms with van der Waals surface area (Å²) in [7, 11) is 0. The van der Waals surface area contributed by atoms with Gasteiger partial charge in [-0.15, -0.1) is 0 Å². The molecule has 11 radical (unpaired) electrons. The van der Waals surface area contributed by atoms with Crippen molar-refractivity contribution in [2.45, 2.75) is 6.92 Å². The van der Waals surface area contributed by atoms with Crippen LogP contribution in [0.3, 0.4) is 0 Å². The topological polar surface area (TPSA) is 61.2 Å². The molecule has 1 aromatic rings. The standard InChI is InChI=1S/C17H10N3O.11Y/c1-12-9-14(17(11-18)20-2)10-16(21-12)8-5-13-3-6-15(19)7-4-13;;;;;;;;;;;/h3-5,8-10,19H,1H3;;;;;;;;;;;/q-3;;;;;;;;;;;/b8-5+,17-14+;;;;;;;;;;;. The maximum atomic E-state index is 8.92. The molecule has 2 rings (SSSR count). The van der Waals surface area contributed by atoms with E-state index in [1.54, 1.807) is 43.4 Å². The number of ether oxygens (including phenoxy) is 1. The smallest absolute Gasteiger partial charge is 0.269 e. The molecule has 1 aliphatic heterocycles. The Balaban J connectivity index is -0.0000000550. The number of nitrogens with one attached hydrogen (secondary N) is 1. The Hall–Kier alpha value is 8.90. The maximum absolute atomic E-state index is 8.92. The first-order valence-corrected chi connectivity index (χ1v) is 6.05. The van der Waals surface area contributed by atoms with Gasteiger partial charge in [0.2, 0.25) is 0 Å². The number of benzene rings is 1. The van der Waals surface area contributed by atoms with Crippen molar-refractivity contribution in [2.24, 2.45) is 0 Å². The fourth-order valence-electron chi connectivity index (χ4n) is 1.70. The van der Waals surface area contributed by atoms with E-state index in [2.05, 4.69) is 17.0 Å². The van der Waals surface area contributed by atoms with Crippen LogP contribution >= 0.6 is 0 Å². The summed E-state index contributed by atoms with van der Waals surface area (Å²) >= 11 is 0. The Morgan fingerprint density at radius 1 is 0.938 bits per heavy atom. The Kier molecular flexibility index (Phi) is 89.6. The second kappa shape index (κ2) is 42.0. The summed E-state index contributed by atoms with van der Waals surface area (Å²) in [5.74, 6) is 1.15. The van der Waals surface area contributed by atoms with Gasteiger partial charge in [0.25, 0.3) is 5.70 Å². The molecule has 0 aromatic heterocycles. The van der Waals surface area contributed by atoms with Gasteiger partial charge in [-0.25, -0.2) is 10.1 Å². The minimum absolute atomic E-state index is 0. The zero-order chi connectivity index (χ0) is 15.2. The quantitative estimate of drug-likeness (QED) is 0.325. The molecule has 0 amide bonds. The molecule has 0 fully saturated rings. The molecular weight excluding hydrogens is 1240 g/mol. The summed E-state index contributed by atoms with van der Waals surface area (Å²) in [5, 5.41) is 8.92. The third-order valence-electron chi connectivity index (χ3n) is 2.63. The van der Waals surface area contributed by atoms with Gasteiger partial charge < -0.3 is 28.3 Å². The van der Waals surface area contributed by atoms with Crippen molar-refractivity contribution in [1.29, 1.82) is 5.26 Å². The molecule has 0 saturated carbocycles. The van der Waals surface area contributed by atoms with E-state index in [-0.39, 0.29) is 371 Å². The van der Waals surface area contributed by atoms with E-state index < -0.39 is 0 Å². The van der Waals surface area contributed by atoms with Crippen molar-refractivity contribution in [3.63, 3.8) is 0 Å². The summed E-state index contributed by atoms with van der Waals surface area (Å²) in [5.41, 5.74) is 8.93. The molecule has 1 N–H and O–H groups in total. The van der Waals surface area contributed by atoms with E-state index in [0.717, 1.165) is 5.56 Å². The van der Waals surface area contributed by atoms with Gasteiger partial charge in [0.1, 0.15) is 11.5 Å². The number of nitrogens with zero attached hydrogens (tertiary/aromatic N) is 2. The first-order valence-electron chi connectivity index (χ1n) is 6.05. The Labute approximate surface area is 468 Å². The molecule has 0 unspecified atom stereocenters. The molecule has 0 saturated heterocycles. The molecule has 32 heavy (non-hydrogen) atoms. The van der Waals surface area contributed by atoms with Gasteiger partial charge in [0, 0.05) is 360 Å². The van der Waals surface area contributed by atoms with Gasteiger partial charge in [0.15, 0.2) is 0 Å². The van der Waals surface area contributed by atoms with Crippen molar-refractivity contribution >= 4 is 11.8 Å². The number of nitriles is 1. The molecular formula is C17H10N3OY11-3. The van der Waals surface area contributed by atoms with Gasteiger partial charge >= 0.3 is 0 Å². The maximum Gasteiger partial charge on any atom is 0.269 e. The van der Waals surface area contributed by atoms with Gasteiger partial charge in [-0.2, -0.15) is 6.08 Å². The molecule has 1 heterocycles. The normalized spacial score (nSPS) is 10.7. The molecule has 15 heteroatoms. The molecule has 135 valence electrons. The van der Waals surface area contributed by atoms with Gasteiger partial charge in [-0.3, -0.25) is 17.7 Å². The number of hydrogen-bond acceptors (Lipinski definition) is 2. The molecule has 0 aliphatic carbocycles. The van der Waals surface area contributed by atoms with E-state index in [1.165, 1.54) is 0 Å². The first-order chi connectivity index (χ1) is 10.1. The Morgan fingerprint density at radius 2 is 1.41 bits per heavy atom. The molecule has 4 nitrogen and oxygen atoms in total. The average molecular weight is 1250 g/mol. The van der Waals surface area contributed by atoms with Crippen molar-refractivity contribution in [2.75, 3.05) is 0 Å². The summed E-state index contributed by atoms with van der Waals surface area (Å²) in [4.78, 5) is 3.20. The molecule has 0 bridgehead atoms. The zero-order valence-corrected chi connectivity index (χ0v) is 48.8. The number of rotatable bonds is 2. The second-order valence-corrected chi connectivity index (χ2v) is 4.22. The average Bonchev–Trinajstić information content (AvgIpc) is 2.47. The van der Waals surface area contributed by atoms with Crippen LogP contribution in [-0.2, 0) is 365 Å². The van der Waals surface area contributed by atoms with Crippen LogP contribution in [0, 0.1) is 30.0 Å². The van der Waals surface area contributed by atoms with Crippen LogP contribution in [0.5, 0.6) is 0 Å². The largest absolute Gasteiger partial charge is 0.740 e. The zero-order valence-electron chi connectivity index (χ0n) is 17.6. The van der Waals surface area contributed by atoms with Crippen LogP contribution in [0.4, 0.5) is 5.69 Å². The first kappa shape index (κ1) is 68.2. The van der Waals surface area contributed by atoms with E-state index in [1.807, 2.05) is 6.07 Å². The van der Waals surface area contributed by atoms with Gasteiger partial charge in [0.05, 0.1) is 12.6 Å². The monoisotopic (exact) mass is 1250 g/mol. The summed E-state index contributed by atoms with van der Waals surface area (Å²) < 4.78 is 5.53. The Bertz CT molecular complexity index is 764. The Morgan fingerprint density at radius 3 is 1.81 bits per heavy atom. The molecule has 1 aromatic carbocycles. The third kappa shape index (κ3) is 29.0. The fourth-order valence-corrected chi connectivity index (χ4v) is 1.70. The van der Waals surface area contributed by atoms with Crippen LogP contribution < -0.4 is 0 Å². The SMILES string of the molecule is [C-]#[N+]/C(C#N)=C1\C=C(C)OC(/C=C/c2c[c-]c([NH-])[c-]c2)=C1.[Y].[Y].[Y].[Y].[Y].[Y].[Y].[Y].[Y].[Y].[Y]. The van der Waals surface area contributed by atoms with Crippen molar-refractivity contribution in [3.05, 3.63) is 88.0 Å². The molecule has 0 atom stereocenters. The predicted molar refractivity (Wildman–Crippen MR) is 79.3 cm³/mol. The summed E-state index contributed by atoms with van der Waals surface area (Å²) in [6.07, 6.45) is 6.82. The number of hydrogen-bond donors (Lipinski definition) is 0. The van der Waals surface area contributed by atoms with E-state index >= 15 is 0 Å². The van der Waals surface area contributed by atoms with Crippen molar-refractivity contribution in [3.8, 4) is 6.07 Å². The van der Waals surface area contributed by atoms with E-state index in [0.29, 0.717) is 17.1 Å². The van der Waals surface area contributed by atoms with Crippen LogP contribution in [0.2, 0.25) is 0 Å². The third-order valence-corrected chi connectivity index (χ3v) is 2.63. The van der Waals surface area contributed by atoms with Gasteiger partial charge in [-0.1, -0.05) is 0 Å². The minimum atomic E-state index is 0. The van der Waals surface area contributed by atoms with Crippen LogP contribution in [0.1, 0.15) is 12.5 Å². The van der Waals surface area contributed by atoms with E-state index in [9.17, 15) is 0 Å². The summed E-state index contributed by atoms with van der Waals surface area (Å²) in [6.45, 7) is 8.75. The minimum Gasteiger partial charge on any atom is -0.740 e. The molecule has 0 spiro atoms. The number of allylic oxidation sites excluding steroid dienone is 6. The molecule has 1 aliphatic rings. The van der Waals surface area contributed by atoms with Crippen LogP contribution in [-0.4, -0.2) is 0 Å². The van der Waals surface area contributed by atoms with Gasteiger partial charge in [-0.05, 0) is 30.7 Å². The summed E-state index contributed by atoms with van der Waals surface area (Å²) in [6, 6.07) is 10.7. The van der Waals surface area contributed by atoms with E-state index in [4.69, 9.17) is 22.3 Å². The second-order valence-electron chi connectivity index (χ2n) is 4.22. The van der Waals surface area contributed by atoms with Crippen LogP contribution in [0.25, 0.3) is 16.7 Å². The van der Waals surface area contributed by atoms with Crippen molar-refractivity contribution < 1.29 is 365 Å². The van der Waals surface area contributed by atoms with Crippen molar-refractivity contribution in [1.82, 2.24) is 0 Å². The van der Waals surface area contributed by atoms with Crippen LogP contribution in [0.15, 0.2) is 53.1 Å². The predicted octanol–water partition coefficient (Wildman–Crippen LogP) is 4.47.